The topological polar surface area (TPSA) is 52.1 Å². The lowest BCUT2D eigenvalue weighted by molar-refractivity contribution is -0.142. The summed E-state index contributed by atoms with van der Waals surface area (Å²) in [7, 11) is 0. The van der Waals surface area contributed by atoms with E-state index in [1.54, 1.807) is 19.3 Å². The van der Waals surface area contributed by atoms with Gasteiger partial charge in [0.15, 0.2) is 5.16 Å². The summed E-state index contributed by atoms with van der Waals surface area (Å²) in [5.41, 5.74) is 1.01. The molecule has 1 rings (SSSR count). The summed E-state index contributed by atoms with van der Waals surface area (Å²) >= 11 is 1.35. The zero-order valence-corrected chi connectivity index (χ0v) is 10.6. The fraction of sp³-hybridized carbons (Fsp3) is 0.545. The number of aromatic nitrogens is 2. The maximum atomic E-state index is 11.5. The predicted octanol–water partition coefficient (Wildman–Crippen LogP) is 2.22. The van der Waals surface area contributed by atoms with E-state index < -0.39 is 0 Å². The van der Waals surface area contributed by atoms with Crippen molar-refractivity contribution in [1.82, 2.24) is 9.97 Å². The summed E-state index contributed by atoms with van der Waals surface area (Å²) in [6.45, 7) is 6.09. The van der Waals surface area contributed by atoms with E-state index in [0.717, 1.165) is 5.56 Å². The average Bonchev–Trinajstić information content (AvgIpc) is 2.28. The van der Waals surface area contributed by atoms with E-state index >= 15 is 0 Å². The van der Waals surface area contributed by atoms with Crippen LogP contribution in [0.4, 0.5) is 0 Å². The number of esters is 1. The van der Waals surface area contributed by atoms with Crippen molar-refractivity contribution < 1.29 is 9.53 Å². The van der Waals surface area contributed by atoms with E-state index in [-0.39, 0.29) is 11.2 Å². The summed E-state index contributed by atoms with van der Waals surface area (Å²) in [5.74, 6) is -0.195. The van der Waals surface area contributed by atoms with Gasteiger partial charge in [-0.3, -0.25) is 4.79 Å². The van der Waals surface area contributed by atoms with E-state index in [0.29, 0.717) is 18.2 Å². The Balaban J connectivity index is 2.62. The number of carbonyl (C=O) groups excluding carboxylic acids is 1. The SMILES string of the molecule is CCOC(=O)C(CC)Sc1ncc(C)cn1. The first-order chi connectivity index (χ1) is 7.67. The third kappa shape index (κ3) is 3.81. The average molecular weight is 240 g/mol. The largest absolute Gasteiger partial charge is 0.465 e. The molecule has 0 aromatic carbocycles. The molecule has 0 saturated heterocycles. The number of carbonyl (C=O) groups is 1. The molecule has 1 atom stereocenters. The molecule has 0 amide bonds. The van der Waals surface area contributed by atoms with Crippen LogP contribution in [0.25, 0.3) is 0 Å². The lowest BCUT2D eigenvalue weighted by Crippen LogP contribution is -2.19. The second-order valence-electron chi connectivity index (χ2n) is 3.31. The zero-order chi connectivity index (χ0) is 12.0. The van der Waals surface area contributed by atoms with Crippen LogP contribution < -0.4 is 0 Å². The van der Waals surface area contributed by atoms with Gasteiger partial charge in [0.25, 0.3) is 0 Å². The number of hydrogen-bond donors (Lipinski definition) is 0. The summed E-state index contributed by atoms with van der Waals surface area (Å²) < 4.78 is 4.98. The number of nitrogens with zero attached hydrogens (tertiary/aromatic N) is 2. The Morgan fingerprint density at radius 1 is 1.44 bits per heavy atom. The van der Waals surface area contributed by atoms with Crippen molar-refractivity contribution in [2.24, 2.45) is 0 Å². The fourth-order valence-corrected chi connectivity index (χ4v) is 1.91. The highest BCUT2D eigenvalue weighted by atomic mass is 32.2. The van der Waals surface area contributed by atoms with E-state index in [4.69, 9.17) is 4.74 Å². The Bertz CT molecular complexity index is 340. The van der Waals surface area contributed by atoms with Gasteiger partial charge in [-0.25, -0.2) is 9.97 Å². The molecule has 1 aromatic heterocycles. The molecule has 0 N–H and O–H groups in total. The van der Waals surface area contributed by atoms with E-state index in [1.165, 1.54) is 11.8 Å². The van der Waals surface area contributed by atoms with Gasteiger partial charge in [0, 0.05) is 12.4 Å². The van der Waals surface area contributed by atoms with E-state index in [2.05, 4.69) is 9.97 Å². The maximum absolute atomic E-state index is 11.5. The molecule has 0 saturated carbocycles. The molecule has 16 heavy (non-hydrogen) atoms. The van der Waals surface area contributed by atoms with Gasteiger partial charge in [-0.15, -0.1) is 0 Å². The summed E-state index contributed by atoms with van der Waals surface area (Å²) in [5, 5.41) is 0.396. The minimum Gasteiger partial charge on any atom is -0.465 e. The minimum atomic E-state index is -0.220. The molecule has 0 aliphatic rings. The Hall–Kier alpha value is -1.10. The third-order valence-corrected chi connectivity index (χ3v) is 3.16. The molecular weight excluding hydrogens is 224 g/mol. The second kappa shape index (κ2) is 6.48. The van der Waals surface area contributed by atoms with Crippen molar-refractivity contribution in [3.8, 4) is 0 Å². The Kier molecular flexibility index (Phi) is 5.25. The molecule has 5 heteroatoms. The first-order valence-corrected chi connectivity index (χ1v) is 6.17. The first-order valence-electron chi connectivity index (χ1n) is 5.29. The fourth-order valence-electron chi connectivity index (χ4n) is 1.10. The van der Waals surface area contributed by atoms with Crippen LogP contribution in [-0.2, 0) is 9.53 Å². The zero-order valence-electron chi connectivity index (χ0n) is 9.77. The molecule has 0 spiro atoms. The van der Waals surface area contributed by atoms with E-state index in [1.807, 2.05) is 13.8 Å². The molecule has 1 heterocycles. The standard InChI is InChI=1S/C11H16N2O2S/c1-4-9(10(14)15-5-2)16-11-12-6-8(3)7-13-11/h6-7,9H,4-5H2,1-3H3. The van der Waals surface area contributed by atoms with Crippen molar-refractivity contribution >= 4 is 17.7 Å². The molecule has 4 nitrogen and oxygen atoms in total. The molecule has 0 radical (unpaired) electrons. The van der Waals surface area contributed by atoms with Gasteiger partial charge >= 0.3 is 5.97 Å². The monoisotopic (exact) mass is 240 g/mol. The van der Waals surface area contributed by atoms with Crippen molar-refractivity contribution in [1.29, 1.82) is 0 Å². The van der Waals surface area contributed by atoms with Gasteiger partial charge in [0.2, 0.25) is 0 Å². The van der Waals surface area contributed by atoms with Crippen molar-refractivity contribution in [2.45, 2.75) is 37.6 Å². The lowest BCUT2D eigenvalue weighted by atomic mass is 10.3. The van der Waals surface area contributed by atoms with Crippen LogP contribution in [0.5, 0.6) is 0 Å². The van der Waals surface area contributed by atoms with Crippen LogP contribution in [0, 0.1) is 6.92 Å². The van der Waals surface area contributed by atoms with Crippen molar-refractivity contribution in [2.75, 3.05) is 6.61 Å². The van der Waals surface area contributed by atoms with Crippen LogP contribution in [-0.4, -0.2) is 27.8 Å². The maximum Gasteiger partial charge on any atom is 0.319 e. The van der Waals surface area contributed by atoms with Gasteiger partial charge in [0.1, 0.15) is 5.25 Å². The summed E-state index contributed by atoms with van der Waals surface area (Å²) in [6, 6.07) is 0. The number of rotatable bonds is 5. The highest BCUT2D eigenvalue weighted by Crippen LogP contribution is 2.22. The number of ether oxygens (including phenoxy) is 1. The Labute approximate surface area is 99.8 Å². The van der Waals surface area contributed by atoms with Crippen LogP contribution in [0.2, 0.25) is 0 Å². The Morgan fingerprint density at radius 3 is 2.56 bits per heavy atom. The van der Waals surface area contributed by atoms with Crippen molar-refractivity contribution in [3.63, 3.8) is 0 Å². The van der Waals surface area contributed by atoms with Crippen molar-refractivity contribution in [3.05, 3.63) is 18.0 Å². The smallest absolute Gasteiger partial charge is 0.319 e. The normalized spacial score (nSPS) is 12.2. The van der Waals surface area contributed by atoms with Crippen LogP contribution >= 0.6 is 11.8 Å². The number of thioether (sulfide) groups is 1. The highest BCUT2D eigenvalue weighted by Gasteiger charge is 2.20. The molecule has 88 valence electrons. The molecule has 1 unspecified atom stereocenters. The highest BCUT2D eigenvalue weighted by molar-refractivity contribution is 8.00. The minimum absolute atomic E-state index is 0.195. The van der Waals surface area contributed by atoms with Gasteiger partial charge in [-0.1, -0.05) is 18.7 Å². The van der Waals surface area contributed by atoms with Crippen LogP contribution in [0.1, 0.15) is 25.8 Å². The molecule has 1 aromatic rings. The molecule has 0 fully saturated rings. The molecular formula is C11H16N2O2S. The summed E-state index contributed by atoms with van der Waals surface area (Å²) in [4.78, 5) is 19.9. The number of hydrogen-bond acceptors (Lipinski definition) is 5. The van der Waals surface area contributed by atoms with Gasteiger partial charge in [-0.05, 0) is 25.8 Å². The third-order valence-electron chi connectivity index (χ3n) is 1.93. The second-order valence-corrected chi connectivity index (χ2v) is 4.48. The van der Waals surface area contributed by atoms with Gasteiger partial charge < -0.3 is 4.74 Å². The van der Waals surface area contributed by atoms with Crippen LogP contribution in [0.3, 0.4) is 0 Å². The Morgan fingerprint density at radius 2 is 2.06 bits per heavy atom. The van der Waals surface area contributed by atoms with E-state index in [9.17, 15) is 4.79 Å². The lowest BCUT2D eigenvalue weighted by Gasteiger charge is -2.11. The van der Waals surface area contributed by atoms with Gasteiger partial charge in [0.05, 0.1) is 6.61 Å². The van der Waals surface area contributed by atoms with Gasteiger partial charge in [-0.2, -0.15) is 0 Å². The first kappa shape index (κ1) is 13.0. The molecule has 0 bridgehead atoms. The number of aryl methyl sites for hydroxylation is 1. The molecule has 0 aliphatic carbocycles. The quantitative estimate of drug-likeness (QED) is 0.449. The summed E-state index contributed by atoms with van der Waals surface area (Å²) in [6.07, 6.45) is 4.20. The van der Waals surface area contributed by atoms with Crippen LogP contribution in [0.15, 0.2) is 17.6 Å². The predicted molar refractivity (Wildman–Crippen MR) is 63.3 cm³/mol. The molecule has 0 aliphatic heterocycles.